The highest BCUT2D eigenvalue weighted by Gasteiger charge is 2.30. The first-order valence-corrected chi connectivity index (χ1v) is 8.05. The van der Waals surface area contributed by atoms with Gasteiger partial charge in [-0.15, -0.1) is 13.2 Å². The van der Waals surface area contributed by atoms with Gasteiger partial charge in [-0.1, -0.05) is 17.3 Å². The first-order chi connectivity index (χ1) is 13.2. The molecule has 146 valence electrons. The van der Waals surface area contributed by atoms with Gasteiger partial charge in [0.05, 0.1) is 6.54 Å². The Morgan fingerprint density at radius 1 is 1.21 bits per heavy atom. The van der Waals surface area contributed by atoms with Gasteiger partial charge in [-0.25, -0.2) is 4.79 Å². The summed E-state index contributed by atoms with van der Waals surface area (Å²) < 4.78 is 46.6. The molecule has 2 N–H and O–H groups in total. The fraction of sp³-hybridized carbons (Fsp3) is 0.167. The van der Waals surface area contributed by atoms with Crippen molar-refractivity contribution in [3.63, 3.8) is 0 Å². The Bertz CT molecular complexity index is 1040. The van der Waals surface area contributed by atoms with Crippen molar-refractivity contribution in [3.05, 3.63) is 65.6 Å². The lowest BCUT2D eigenvalue weighted by molar-refractivity contribution is -0.274. The summed E-state index contributed by atoms with van der Waals surface area (Å²) in [6.45, 7) is 1.85. The standard InChI is InChI=1S/C18H15F3N4O3/c1-11-8-14(24-28-11)9-23-17(26)25-10-13(4-7-16(25)22)12-2-5-15(6-3-12)27-18(19,20)21/h2-8,10,22H,9H2,1H3,(H,23,26). The Morgan fingerprint density at radius 2 is 1.89 bits per heavy atom. The summed E-state index contributed by atoms with van der Waals surface area (Å²) in [7, 11) is 0. The van der Waals surface area contributed by atoms with Crippen LogP contribution in [-0.4, -0.2) is 22.1 Å². The lowest BCUT2D eigenvalue weighted by Crippen LogP contribution is -2.35. The second kappa shape index (κ2) is 7.59. The largest absolute Gasteiger partial charge is 0.573 e. The smallest absolute Gasteiger partial charge is 0.406 e. The van der Waals surface area contributed by atoms with Crippen LogP contribution in [0.4, 0.5) is 18.0 Å². The maximum Gasteiger partial charge on any atom is 0.573 e. The van der Waals surface area contributed by atoms with Crippen LogP contribution in [-0.2, 0) is 6.54 Å². The van der Waals surface area contributed by atoms with Crippen molar-refractivity contribution in [2.24, 2.45) is 0 Å². The molecule has 0 radical (unpaired) electrons. The molecule has 0 aliphatic carbocycles. The van der Waals surface area contributed by atoms with Crippen molar-refractivity contribution in [1.29, 1.82) is 5.41 Å². The van der Waals surface area contributed by atoms with Crippen LogP contribution in [0.25, 0.3) is 11.1 Å². The predicted octanol–water partition coefficient (Wildman–Crippen LogP) is 3.59. The highest BCUT2D eigenvalue weighted by molar-refractivity contribution is 5.78. The van der Waals surface area contributed by atoms with Gasteiger partial charge in [0.25, 0.3) is 0 Å². The van der Waals surface area contributed by atoms with E-state index in [4.69, 9.17) is 9.93 Å². The number of aromatic nitrogens is 2. The third-order valence-electron chi connectivity index (χ3n) is 3.69. The summed E-state index contributed by atoms with van der Waals surface area (Å²) in [6, 6.07) is 9.34. The zero-order valence-electron chi connectivity index (χ0n) is 14.6. The van der Waals surface area contributed by atoms with Gasteiger partial charge in [-0.2, -0.15) is 0 Å². The first kappa shape index (κ1) is 19.2. The van der Waals surface area contributed by atoms with Crippen LogP contribution in [0.15, 0.2) is 53.2 Å². The van der Waals surface area contributed by atoms with Crippen molar-refractivity contribution in [2.45, 2.75) is 19.8 Å². The zero-order valence-corrected chi connectivity index (χ0v) is 14.6. The average Bonchev–Trinajstić information content (AvgIpc) is 3.05. The number of amides is 1. The molecule has 28 heavy (non-hydrogen) atoms. The van der Waals surface area contributed by atoms with E-state index >= 15 is 0 Å². The number of ether oxygens (including phenoxy) is 1. The number of pyridine rings is 1. The van der Waals surface area contributed by atoms with Crippen LogP contribution in [0.2, 0.25) is 0 Å². The van der Waals surface area contributed by atoms with Crippen molar-refractivity contribution >= 4 is 6.03 Å². The van der Waals surface area contributed by atoms with Crippen LogP contribution >= 0.6 is 0 Å². The molecule has 2 aromatic heterocycles. The quantitative estimate of drug-likeness (QED) is 0.710. The van der Waals surface area contributed by atoms with E-state index in [0.717, 1.165) is 4.57 Å². The first-order valence-electron chi connectivity index (χ1n) is 8.05. The molecule has 0 spiro atoms. The minimum Gasteiger partial charge on any atom is -0.406 e. The number of rotatable bonds is 4. The minimum absolute atomic E-state index is 0.0605. The number of aryl methyl sites for hydroxylation is 1. The number of alkyl halides is 3. The summed E-state index contributed by atoms with van der Waals surface area (Å²) in [5, 5.41) is 14.3. The monoisotopic (exact) mass is 392 g/mol. The maximum atomic E-state index is 12.4. The van der Waals surface area contributed by atoms with Gasteiger partial charge in [-0.05, 0) is 42.3 Å². The predicted molar refractivity (Wildman–Crippen MR) is 91.3 cm³/mol. The van der Waals surface area contributed by atoms with E-state index in [0.29, 0.717) is 22.6 Å². The number of nitrogens with zero attached hydrogens (tertiary/aromatic N) is 2. The van der Waals surface area contributed by atoms with Gasteiger partial charge in [0.2, 0.25) is 0 Å². The number of carbonyl (C=O) groups is 1. The Balaban J connectivity index is 1.77. The Labute approximate surface area is 156 Å². The molecule has 0 unspecified atom stereocenters. The van der Waals surface area contributed by atoms with Gasteiger partial charge in [0.1, 0.15) is 22.7 Å². The van der Waals surface area contributed by atoms with Gasteiger partial charge in [0.15, 0.2) is 0 Å². The summed E-state index contributed by atoms with van der Waals surface area (Å²) in [6.07, 6.45) is -3.34. The second-order valence-corrected chi connectivity index (χ2v) is 5.83. The molecule has 3 aromatic rings. The van der Waals surface area contributed by atoms with E-state index in [1.54, 1.807) is 19.1 Å². The van der Waals surface area contributed by atoms with E-state index in [-0.39, 0.29) is 17.8 Å². The third kappa shape index (κ3) is 4.78. The van der Waals surface area contributed by atoms with E-state index in [2.05, 4.69) is 15.2 Å². The minimum atomic E-state index is -4.77. The number of carbonyl (C=O) groups excluding carboxylic acids is 1. The molecule has 0 saturated heterocycles. The number of halogens is 3. The fourth-order valence-electron chi connectivity index (χ4n) is 2.44. The van der Waals surface area contributed by atoms with E-state index < -0.39 is 12.4 Å². The highest BCUT2D eigenvalue weighted by atomic mass is 19.4. The molecule has 2 heterocycles. The normalized spacial score (nSPS) is 11.3. The molecule has 7 nitrogen and oxygen atoms in total. The lowest BCUT2D eigenvalue weighted by Gasteiger charge is -2.11. The van der Waals surface area contributed by atoms with Crippen molar-refractivity contribution in [3.8, 4) is 16.9 Å². The molecule has 3 rings (SSSR count). The van der Waals surface area contributed by atoms with E-state index in [1.807, 2.05) is 0 Å². The average molecular weight is 392 g/mol. The number of nitrogens with one attached hydrogen (secondary N) is 2. The van der Waals surface area contributed by atoms with E-state index in [9.17, 15) is 18.0 Å². The maximum absolute atomic E-state index is 12.4. The summed E-state index contributed by atoms with van der Waals surface area (Å²) in [5.74, 6) is 0.264. The number of benzene rings is 1. The van der Waals surface area contributed by atoms with E-state index in [1.165, 1.54) is 36.5 Å². The molecule has 1 aromatic carbocycles. The van der Waals surface area contributed by atoms with Crippen molar-refractivity contribution < 1.29 is 27.2 Å². The van der Waals surface area contributed by atoms with Crippen molar-refractivity contribution in [1.82, 2.24) is 15.0 Å². The molecule has 0 atom stereocenters. The number of hydrogen-bond donors (Lipinski definition) is 2. The van der Waals surface area contributed by atoms with Crippen LogP contribution in [0.1, 0.15) is 11.5 Å². The van der Waals surface area contributed by atoms with Crippen molar-refractivity contribution in [2.75, 3.05) is 0 Å². The Hall–Kier alpha value is -3.56. The Morgan fingerprint density at radius 3 is 2.50 bits per heavy atom. The molecule has 10 heteroatoms. The van der Waals surface area contributed by atoms with Crippen LogP contribution in [0.5, 0.6) is 5.75 Å². The molecule has 1 amide bonds. The zero-order chi connectivity index (χ0) is 20.3. The van der Waals surface area contributed by atoms with Gasteiger partial charge in [0, 0.05) is 12.3 Å². The highest BCUT2D eigenvalue weighted by Crippen LogP contribution is 2.26. The topological polar surface area (TPSA) is 93.1 Å². The lowest BCUT2D eigenvalue weighted by atomic mass is 10.1. The third-order valence-corrected chi connectivity index (χ3v) is 3.69. The number of hydrogen-bond acceptors (Lipinski definition) is 5. The van der Waals surface area contributed by atoms with Crippen LogP contribution in [0.3, 0.4) is 0 Å². The Kier molecular flexibility index (Phi) is 5.21. The summed E-state index contributed by atoms with van der Waals surface area (Å²) in [5.41, 5.74) is 1.58. The molecular formula is C18H15F3N4O3. The van der Waals surface area contributed by atoms with Crippen LogP contribution in [0, 0.1) is 12.3 Å². The van der Waals surface area contributed by atoms with Gasteiger partial charge < -0.3 is 14.6 Å². The molecule has 0 fully saturated rings. The van der Waals surface area contributed by atoms with Gasteiger partial charge >= 0.3 is 12.4 Å². The fourth-order valence-corrected chi connectivity index (χ4v) is 2.44. The molecule has 0 aliphatic heterocycles. The molecular weight excluding hydrogens is 377 g/mol. The molecule has 0 bridgehead atoms. The van der Waals surface area contributed by atoms with Crippen LogP contribution < -0.4 is 15.5 Å². The molecule has 0 saturated carbocycles. The summed E-state index contributed by atoms with van der Waals surface area (Å²) >= 11 is 0. The second-order valence-electron chi connectivity index (χ2n) is 5.83. The SMILES string of the molecule is Cc1cc(CNC(=O)n2cc(-c3ccc(OC(F)(F)F)cc3)ccc2=N)no1. The van der Waals surface area contributed by atoms with Gasteiger partial charge in [-0.3, -0.25) is 9.98 Å². The molecule has 0 aliphatic rings. The summed E-state index contributed by atoms with van der Waals surface area (Å²) in [4.78, 5) is 12.4.